The van der Waals surface area contributed by atoms with Crippen LogP contribution in [0.15, 0.2) is 0 Å². The van der Waals surface area contributed by atoms with E-state index >= 15 is 0 Å². The van der Waals surface area contributed by atoms with Gasteiger partial charge in [-0.25, -0.2) is 4.21 Å². The van der Waals surface area contributed by atoms with E-state index in [1.165, 1.54) is 0 Å². The molecule has 0 aliphatic carbocycles. The van der Waals surface area contributed by atoms with Crippen LogP contribution in [0.2, 0.25) is 0 Å². The second-order valence-corrected chi connectivity index (χ2v) is 2.66. The fourth-order valence-corrected chi connectivity index (χ4v) is 0.975. The molecule has 0 spiro atoms. The SMILES string of the molecule is O=C1CC(S(=O)O)N1. The van der Waals surface area contributed by atoms with Gasteiger partial charge in [0.15, 0.2) is 11.1 Å². The molecule has 2 atom stereocenters. The Bertz CT molecular complexity index is 137. The Balaban J connectivity index is 2.35. The van der Waals surface area contributed by atoms with Gasteiger partial charge in [-0.15, -0.1) is 0 Å². The molecular formula is C3H5NO3S. The van der Waals surface area contributed by atoms with Crippen LogP contribution in [-0.4, -0.2) is 20.0 Å². The van der Waals surface area contributed by atoms with Gasteiger partial charge in [0.2, 0.25) is 5.91 Å². The lowest BCUT2D eigenvalue weighted by Crippen LogP contribution is -2.50. The Kier molecular flexibility index (Phi) is 1.31. The van der Waals surface area contributed by atoms with E-state index < -0.39 is 16.5 Å². The van der Waals surface area contributed by atoms with Crippen LogP contribution in [0.4, 0.5) is 0 Å². The third-order valence-electron chi connectivity index (χ3n) is 0.936. The van der Waals surface area contributed by atoms with Crippen molar-refractivity contribution < 1.29 is 13.6 Å². The topological polar surface area (TPSA) is 66.4 Å². The second-order valence-electron chi connectivity index (χ2n) is 1.54. The molecular weight excluding hydrogens is 130 g/mol. The molecule has 0 radical (unpaired) electrons. The minimum Gasteiger partial charge on any atom is -0.339 e. The van der Waals surface area contributed by atoms with Crippen molar-refractivity contribution >= 4 is 17.0 Å². The van der Waals surface area contributed by atoms with E-state index in [9.17, 15) is 9.00 Å². The van der Waals surface area contributed by atoms with Gasteiger partial charge in [-0.3, -0.25) is 4.79 Å². The van der Waals surface area contributed by atoms with Crippen LogP contribution < -0.4 is 5.32 Å². The van der Waals surface area contributed by atoms with E-state index in [0.29, 0.717) is 0 Å². The highest BCUT2D eigenvalue weighted by Gasteiger charge is 2.29. The molecule has 0 bridgehead atoms. The molecule has 1 rings (SSSR count). The standard InChI is InChI=1S/C3H5NO3S/c5-2-1-3(4-2)8(6)7/h3H,1H2,(H,4,5)(H,6,7). The van der Waals surface area contributed by atoms with Gasteiger partial charge < -0.3 is 9.87 Å². The molecule has 2 N–H and O–H groups in total. The molecule has 1 saturated heterocycles. The molecule has 1 amide bonds. The Hall–Kier alpha value is -0.420. The Morgan fingerprint density at radius 2 is 2.38 bits per heavy atom. The first-order chi connectivity index (χ1) is 3.70. The van der Waals surface area contributed by atoms with Crippen molar-refractivity contribution in [2.45, 2.75) is 11.8 Å². The van der Waals surface area contributed by atoms with Gasteiger partial charge >= 0.3 is 0 Å². The first kappa shape index (κ1) is 5.71. The van der Waals surface area contributed by atoms with Crippen LogP contribution in [0.25, 0.3) is 0 Å². The maximum atomic E-state index is 10.1. The van der Waals surface area contributed by atoms with Gasteiger partial charge in [0.25, 0.3) is 0 Å². The molecule has 46 valence electrons. The van der Waals surface area contributed by atoms with Gasteiger partial charge in [0, 0.05) is 0 Å². The third-order valence-corrected chi connectivity index (χ3v) is 1.71. The van der Waals surface area contributed by atoms with Crippen molar-refractivity contribution in [1.29, 1.82) is 0 Å². The fourth-order valence-electron chi connectivity index (χ4n) is 0.449. The third kappa shape index (κ3) is 0.873. The molecule has 1 aliphatic heterocycles. The maximum absolute atomic E-state index is 10.1. The summed E-state index contributed by atoms with van der Waals surface area (Å²) >= 11 is -1.88. The summed E-state index contributed by atoms with van der Waals surface area (Å²) in [6.45, 7) is 0. The zero-order valence-corrected chi connectivity index (χ0v) is 4.77. The number of nitrogens with one attached hydrogen (secondary N) is 1. The van der Waals surface area contributed by atoms with Crippen molar-refractivity contribution in [3.8, 4) is 0 Å². The number of amides is 1. The summed E-state index contributed by atoms with van der Waals surface area (Å²) in [5, 5.41) is 1.74. The normalized spacial score (nSPS) is 30.6. The molecule has 4 nitrogen and oxygen atoms in total. The Morgan fingerprint density at radius 1 is 1.88 bits per heavy atom. The van der Waals surface area contributed by atoms with Crippen molar-refractivity contribution in [2.75, 3.05) is 0 Å². The Labute approximate surface area is 48.6 Å². The van der Waals surface area contributed by atoms with E-state index in [4.69, 9.17) is 4.55 Å². The predicted molar refractivity (Wildman–Crippen MR) is 27.3 cm³/mol. The second kappa shape index (κ2) is 1.83. The lowest BCUT2D eigenvalue weighted by Gasteiger charge is -2.22. The smallest absolute Gasteiger partial charge is 0.224 e. The van der Waals surface area contributed by atoms with E-state index in [-0.39, 0.29) is 12.3 Å². The first-order valence-corrected chi connectivity index (χ1v) is 3.26. The van der Waals surface area contributed by atoms with Crippen LogP contribution in [0, 0.1) is 0 Å². The maximum Gasteiger partial charge on any atom is 0.224 e. The molecule has 1 aliphatic rings. The van der Waals surface area contributed by atoms with Crippen molar-refractivity contribution in [1.82, 2.24) is 5.32 Å². The quantitative estimate of drug-likeness (QED) is 0.360. The summed E-state index contributed by atoms with van der Waals surface area (Å²) in [5.74, 6) is -0.155. The molecule has 0 aromatic carbocycles. The van der Waals surface area contributed by atoms with Gasteiger partial charge in [0.1, 0.15) is 5.37 Å². The summed E-state index contributed by atoms with van der Waals surface area (Å²) in [5.41, 5.74) is 0. The summed E-state index contributed by atoms with van der Waals surface area (Å²) in [4.78, 5) is 10.1. The molecule has 0 aromatic heterocycles. The number of hydrogen-bond donors (Lipinski definition) is 2. The number of carbonyl (C=O) groups is 1. The molecule has 0 saturated carbocycles. The first-order valence-electron chi connectivity index (χ1n) is 2.09. The number of rotatable bonds is 1. The van der Waals surface area contributed by atoms with E-state index in [1.54, 1.807) is 0 Å². The molecule has 8 heavy (non-hydrogen) atoms. The average molecular weight is 135 g/mol. The van der Waals surface area contributed by atoms with Crippen LogP contribution in [0.5, 0.6) is 0 Å². The van der Waals surface area contributed by atoms with Crippen molar-refractivity contribution in [2.24, 2.45) is 0 Å². The summed E-state index contributed by atoms with van der Waals surface area (Å²) in [7, 11) is 0. The van der Waals surface area contributed by atoms with Crippen LogP contribution >= 0.6 is 0 Å². The van der Waals surface area contributed by atoms with E-state index in [0.717, 1.165) is 0 Å². The van der Waals surface area contributed by atoms with Crippen molar-refractivity contribution in [3.63, 3.8) is 0 Å². The molecule has 5 heteroatoms. The van der Waals surface area contributed by atoms with Crippen molar-refractivity contribution in [3.05, 3.63) is 0 Å². The average Bonchev–Trinajstić information content (AvgIpc) is 1.57. The monoisotopic (exact) mass is 135 g/mol. The van der Waals surface area contributed by atoms with Gasteiger partial charge in [-0.2, -0.15) is 0 Å². The van der Waals surface area contributed by atoms with Crippen LogP contribution in [-0.2, 0) is 15.9 Å². The zero-order valence-electron chi connectivity index (χ0n) is 3.96. The molecule has 1 heterocycles. The largest absolute Gasteiger partial charge is 0.339 e. The predicted octanol–water partition coefficient (Wildman–Crippen LogP) is -0.946. The highest BCUT2D eigenvalue weighted by molar-refractivity contribution is 7.80. The zero-order chi connectivity index (χ0) is 6.15. The fraction of sp³-hybridized carbons (Fsp3) is 0.667. The minimum absolute atomic E-state index is 0.155. The van der Waals surface area contributed by atoms with Gasteiger partial charge in [-0.1, -0.05) is 0 Å². The number of β-lactam (4-membered cyclic amide) rings is 1. The van der Waals surface area contributed by atoms with Gasteiger partial charge in [0.05, 0.1) is 6.42 Å². The molecule has 2 unspecified atom stereocenters. The molecule has 0 aromatic rings. The highest BCUT2D eigenvalue weighted by atomic mass is 32.2. The number of carbonyl (C=O) groups excluding carboxylic acids is 1. The van der Waals surface area contributed by atoms with E-state index in [1.807, 2.05) is 0 Å². The lowest BCUT2D eigenvalue weighted by molar-refractivity contribution is -0.126. The van der Waals surface area contributed by atoms with Gasteiger partial charge in [-0.05, 0) is 0 Å². The van der Waals surface area contributed by atoms with E-state index in [2.05, 4.69) is 5.32 Å². The Morgan fingerprint density at radius 3 is 2.50 bits per heavy atom. The lowest BCUT2D eigenvalue weighted by atomic mass is 10.3. The summed E-state index contributed by atoms with van der Waals surface area (Å²) in [6, 6.07) is 0. The highest BCUT2D eigenvalue weighted by Crippen LogP contribution is 2.05. The van der Waals surface area contributed by atoms with Crippen LogP contribution in [0.3, 0.4) is 0 Å². The number of hydrogen-bond acceptors (Lipinski definition) is 2. The minimum atomic E-state index is -1.88. The van der Waals surface area contributed by atoms with Crippen LogP contribution in [0.1, 0.15) is 6.42 Å². The summed E-state index contributed by atoms with van der Waals surface area (Å²) in [6.07, 6.45) is 0.184. The summed E-state index contributed by atoms with van der Waals surface area (Å²) < 4.78 is 18.3. The molecule has 1 fully saturated rings.